The molecular formula is C19H30N2O. The minimum Gasteiger partial charge on any atom is -0.497 e. The molecule has 2 atom stereocenters. The summed E-state index contributed by atoms with van der Waals surface area (Å²) in [6, 6.07) is 9.36. The van der Waals surface area contributed by atoms with Crippen molar-refractivity contribution in [1.82, 2.24) is 9.80 Å². The fourth-order valence-electron chi connectivity index (χ4n) is 4.01. The Morgan fingerprint density at radius 2 is 1.77 bits per heavy atom. The van der Waals surface area contributed by atoms with Gasteiger partial charge in [-0.2, -0.15) is 0 Å². The molecule has 3 nitrogen and oxygen atoms in total. The van der Waals surface area contributed by atoms with Gasteiger partial charge in [-0.3, -0.25) is 9.80 Å². The predicted molar refractivity (Wildman–Crippen MR) is 91.3 cm³/mol. The molecule has 1 heterocycles. The van der Waals surface area contributed by atoms with Gasteiger partial charge in [-0.1, -0.05) is 31.9 Å². The Morgan fingerprint density at radius 3 is 2.41 bits per heavy atom. The Balaban J connectivity index is 1.46. The summed E-state index contributed by atoms with van der Waals surface area (Å²) >= 11 is 0. The van der Waals surface area contributed by atoms with Crippen molar-refractivity contribution in [2.45, 2.75) is 45.2 Å². The lowest BCUT2D eigenvalue weighted by Crippen LogP contribution is -2.50. The van der Waals surface area contributed by atoms with Gasteiger partial charge in [0.05, 0.1) is 7.11 Å². The molecule has 0 amide bonds. The quantitative estimate of drug-likeness (QED) is 0.848. The van der Waals surface area contributed by atoms with Gasteiger partial charge in [0.15, 0.2) is 0 Å². The number of methoxy groups -OCH3 is 1. The minimum absolute atomic E-state index is 0.854. The van der Waals surface area contributed by atoms with Gasteiger partial charge in [0.2, 0.25) is 0 Å². The number of piperazine rings is 1. The lowest BCUT2D eigenvalue weighted by Gasteiger charge is -2.42. The lowest BCUT2D eigenvalue weighted by molar-refractivity contribution is 0.0659. The molecule has 0 bridgehead atoms. The number of benzene rings is 1. The summed E-state index contributed by atoms with van der Waals surface area (Å²) in [4.78, 5) is 5.34. The van der Waals surface area contributed by atoms with Crippen molar-refractivity contribution >= 4 is 0 Å². The summed E-state index contributed by atoms with van der Waals surface area (Å²) in [5.41, 5.74) is 1.39. The number of hydrogen-bond acceptors (Lipinski definition) is 3. The average molecular weight is 302 g/mol. The van der Waals surface area contributed by atoms with Crippen LogP contribution in [0.25, 0.3) is 0 Å². The summed E-state index contributed by atoms with van der Waals surface area (Å²) in [5, 5.41) is 0. The van der Waals surface area contributed by atoms with Crippen LogP contribution in [0.3, 0.4) is 0 Å². The molecule has 0 N–H and O–H groups in total. The number of rotatable bonds is 4. The second kappa shape index (κ2) is 7.47. The van der Waals surface area contributed by atoms with E-state index < -0.39 is 0 Å². The highest BCUT2D eigenvalue weighted by Gasteiger charge is 2.27. The molecule has 1 aliphatic carbocycles. The van der Waals surface area contributed by atoms with Gasteiger partial charge in [-0.25, -0.2) is 0 Å². The third kappa shape index (κ3) is 4.02. The predicted octanol–water partition coefficient (Wildman–Crippen LogP) is 3.39. The standard InChI is InChI=1S/C19H30N2O/c1-16-4-3-5-18(14-16)21-12-10-20(11-13-21)15-17-6-8-19(22-2)9-7-17/h6-9,16,18H,3-5,10-15H2,1-2H3. The fourth-order valence-corrected chi connectivity index (χ4v) is 4.01. The van der Waals surface area contributed by atoms with Crippen molar-refractivity contribution in [3.63, 3.8) is 0 Å². The molecule has 0 spiro atoms. The first-order valence-electron chi connectivity index (χ1n) is 8.84. The van der Waals surface area contributed by atoms with Gasteiger partial charge in [-0.05, 0) is 36.5 Å². The first-order chi connectivity index (χ1) is 10.7. The van der Waals surface area contributed by atoms with E-state index in [1.807, 2.05) is 0 Å². The average Bonchev–Trinajstić information content (AvgIpc) is 2.56. The van der Waals surface area contributed by atoms with Crippen molar-refractivity contribution in [2.75, 3.05) is 33.3 Å². The highest BCUT2D eigenvalue weighted by Crippen LogP contribution is 2.28. The molecule has 1 saturated carbocycles. The Kier molecular flexibility index (Phi) is 5.37. The number of hydrogen-bond donors (Lipinski definition) is 0. The summed E-state index contributed by atoms with van der Waals surface area (Å²) in [5.74, 6) is 1.87. The van der Waals surface area contributed by atoms with Gasteiger partial charge in [0.25, 0.3) is 0 Å². The maximum Gasteiger partial charge on any atom is 0.118 e. The van der Waals surface area contributed by atoms with Crippen LogP contribution < -0.4 is 4.74 Å². The van der Waals surface area contributed by atoms with E-state index in [4.69, 9.17) is 4.74 Å². The Morgan fingerprint density at radius 1 is 1.05 bits per heavy atom. The van der Waals surface area contributed by atoms with E-state index in [1.54, 1.807) is 7.11 Å². The number of ether oxygens (including phenoxy) is 1. The third-order valence-electron chi connectivity index (χ3n) is 5.40. The molecule has 3 rings (SSSR count). The highest BCUT2D eigenvalue weighted by molar-refractivity contribution is 5.27. The van der Waals surface area contributed by atoms with Gasteiger partial charge >= 0.3 is 0 Å². The van der Waals surface area contributed by atoms with E-state index in [0.29, 0.717) is 0 Å². The first-order valence-corrected chi connectivity index (χ1v) is 8.84. The fraction of sp³-hybridized carbons (Fsp3) is 0.684. The van der Waals surface area contributed by atoms with E-state index in [2.05, 4.69) is 41.0 Å². The van der Waals surface area contributed by atoms with Gasteiger partial charge in [0, 0.05) is 38.8 Å². The zero-order valence-corrected chi connectivity index (χ0v) is 14.1. The van der Waals surface area contributed by atoms with Gasteiger partial charge < -0.3 is 4.74 Å². The zero-order valence-electron chi connectivity index (χ0n) is 14.1. The molecule has 122 valence electrons. The summed E-state index contributed by atoms with van der Waals surface area (Å²) in [6.45, 7) is 8.39. The molecule has 1 aromatic carbocycles. The molecule has 0 radical (unpaired) electrons. The second-order valence-corrected chi connectivity index (χ2v) is 7.09. The van der Waals surface area contributed by atoms with Crippen LogP contribution in [0.5, 0.6) is 5.75 Å². The van der Waals surface area contributed by atoms with E-state index in [1.165, 1.54) is 57.4 Å². The molecular weight excluding hydrogens is 272 g/mol. The summed E-state index contributed by atoms with van der Waals surface area (Å²) < 4.78 is 5.23. The van der Waals surface area contributed by atoms with Crippen LogP contribution in [-0.4, -0.2) is 49.1 Å². The summed E-state index contributed by atoms with van der Waals surface area (Å²) in [7, 11) is 1.72. The molecule has 2 unspecified atom stereocenters. The zero-order chi connectivity index (χ0) is 15.4. The smallest absolute Gasteiger partial charge is 0.118 e. The van der Waals surface area contributed by atoms with Crippen LogP contribution >= 0.6 is 0 Å². The molecule has 0 aromatic heterocycles. The SMILES string of the molecule is COc1ccc(CN2CCN(C3CCCC(C)C3)CC2)cc1. The molecule has 1 aliphatic heterocycles. The van der Waals surface area contributed by atoms with E-state index in [9.17, 15) is 0 Å². The van der Waals surface area contributed by atoms with Crippen LogP contribution in [0.1, 0.15) is 38.2 Å². The molecule has 22 heavy (non-hydrogen) atoms. The van der Waals surface area contributed by atoms with E-state index >= 15 is 0 Å². The van der Waals surface area contributed by atoms with Crippen LogP contribution in [-0.2, 0) is 6.54 Å². The van der Waals surface area contributed by atoms with Crippen LogP contribution in [0, 0.1) is 5.92 Å². The molecule has 3 heteroatoms. The lowest BCUT2D eigenvalue weighted by atomic mass is 9.86. The van der Waals surface area contributed by atoms with Crippen molar-refractivity contribution in [1.29, 1.82) is 0 Å². The van der Waals surface area contributed by atoms with E-state index in [-0.39, 0.29) is 0 Å². The second-order valence-electron chi connectivity index (χ2n) is 7.09. The first kappa shape index (κ1) is 15.8. The van der Waals surface area contributed by atoms with Crippen molar-refractivity contribution in [3.8, 4) is 5.75 Å². The maximum absolute atomic E-state index is 5.23. The normalized spacial score (nSPS) is 27.7. The van der Waals surface area contributed by atoms with E-state index in [0.717, 1.165) is 24.3 Å². The van der Waals surface area contributed by atoms with Crippen LogP contribution in [0.4, 0.5) is 0 Å². The molecule has 1 saturated heterocycles. The van der Waals surface area contributed by atoms with Gasteiger partial charge in [0.1, 0.15) is 5.75 Å². The monoisotopic (exact) mass is 302 g/mol. The van der Waals surface area contributed by atoms with Crippen molar-refractivity contribution < 1.29 is 4.74 Å². The summed E-state index contributed by atoms with van der Waals surface area (Å²) in [6.07, 6.45) is 5.70. The molecule has 2 aliphatic rings. The topological polar surface area (TPSA) is 15.7 Å². The third-order valence-corrected chi connectivity index (χ3v) is 5.40. The highest BCUT2D eigenvalue weighted by atomic mass is 16.5. The Hall–Kier alpha value is -1.06. The molecule has 2 fully saturated rings. The largest absolute Gasteiger partial charge is 0.497 e. The van der Waals surface area contributed by atoms with Crippen molar-refractivity contribution in [2.24, 2.45) is 5.92 Å². The minimum atomic E-state index is 0.854. The van der Waals surface area contributed by atoms with Crippen LogP contribution in [0.15, 0.2) is 24.3 Å². The maximum atomic E-state index is 5.23. The Bertz CT molecular complexity index is 451. The van der Waals surface area contributed by atoms with Crippen LogP contribution in [0.2, 0.25) is 0 Å². The van der Waals surface area contributed by atoms with Gasteiger partial charge in [-0.15, -0.1) is 0 Å². The van der Waals surface area contributed by atoms with Crippen molar-refractivity contribution in [3.05, 3.63) is 29.8 Å². The Labute approximate surface area is 135 Å². The molecule has 1 aromatic rings. The number of nitrogens with zero attached hydrogens (tertiary/aromatic N) is 2.